The van der Waals surface area contributed by atoms with Crippen LogP contribution >= 0.6 is 0 Å². The van der Waals surface area contributed by atoms with Crippen molar-refractivity contribution in [1.29, 1.82) is 0 Å². The van der Waals surface area contributed by atoms with Crippen LogP contribution in [0.15, 0.2) is 47.5 Å². The maximum Gasteiger partial charge on any atom is 0.193 e. The van der Waals surface area contributed by atoms with Crippen LogP contribution in [0, 0.1) is 5.82 Å². The van der Waals surface area contributed by atoms with E-state index in [-0.39, 0.29) is 5.82 Å². The lowest BCUT2D eigenvalue weighted by atomic mass is 10.2. The fourth-order valence-electron chi connectivity index (χ4n) is 2.48. The van der Waals surface area contributed by atoms with Gasteiger partial charge in [0, 0.05) is 38.8 Å². The lowest BCUT2D eigenvalue weighted by Crippen LogP contribution is -2.38. The number of nitrogens with zero attached hydrogens (tertiary/aromatic N) is 2. The first-order chi connectivity index (χ1) is 12.1. The standard InChI is InChI=1S/C19H24FN3O2/c1-21-19(22-12-14-5-8-16(20)9-6-14)23(2)13-15-7-10-17(24-3)11-18(15)25-4/h5-11H,12-13H2,1-4H3,(H,21,22). The summed E-state index contributed by atoms with van der Waals surface area (Å²) >= 11 is 0. The highest BCUT2D eigenvalue weighted by Gasteiger charge is 2.11. The predicted octanol–water partition coefficient (Wildman–Crippen LogP) is 3.05. The number of guanidine groups is 1. The molecule has 0 spiro atoms. The highest BCUT2D eigenvalue weighted by Crippen LogP contribution is 2.25. The van der Waals surface area contributed by atoms with Crippen LogP contribution in [-0.4, -0.2) is 39.2 Å². The van der Waals surface area contributed by atoms with Crippen LogP contribution < -0.4 is 14.8 Å². The zero-order valence-electron chi connectivity index (χ0n) is 15.0. The molecule has 134 valence electrons. The quantitative estimate of drug-likeness (QED) is 0.646. The third-order valence-electron chi connectivity index (χ3n) is 3.84. The third kappa shape index (κ3) is 5.11. The van der Waals surface area contributed by atoms with Gasteiger partial charge in [0.15, 0.2) is 5.96 Å². The summed E-state index contributed by atoms with van der Waals surface area (Å²) in [6, 6.07) is 12.1. The van der Waals surface area contributed by atoms with Gasteiger partial charge in [-0.15, -0.1) is 0 Å². The van der Waals surface area contributed by atoms with Gasteiger partial charge in [0.1, 0.15) is 17.3 Å². The van der Waals surface area contributed by atoms with E-state index in [0.29, 0.717) is 13.1 Å². The van der Waals surface area contributed by atoms with Crippen LogP contribution in [0.3, 0.4) is 0 Å². The molecule has 6 heteroatoms. The average molecular weight is 345 g/mol. The Hall–Kier alpha value is -2.76. The summed E-state index contributed by atoms with van der Waals surface area (Å²) in [5, 5.41) is 3.27. The van der Waals surface area contributed by atoms with E-state index in [9.17, 15) is 4.39 Å². The van der Waals surface area contributed by atoms with Crippen LogP contribution in [0.5, 0.6) is 11.5 Å². The molecular weight excluding hydrogens is 321 g/mol. The van der Waals surface area contributed by atoms with E-state index in [0.717, 1.165) is 28.6 Å². The molecule has 25 heavy (non-hydrogen) atoms. The molecule has 0 atom stereocenters. The Morgan fingerprint density at radius 2 is 1.84 bits per heavy atom. The normalized spacial score (nSPS) is 11.2. The SMILES string of the molecule is CN=C(NCc1ccc(F)cc1)N(C)Cc1ccc(OC)cc1OC. The van der Waals surface area contributed by atoms with Crippen molar-refractivity contribution in [3.05, 3.63) is 59.4 Å². The largest absolute Gasteiger partial charge is 0.497 e. The van der Waals surface area contributed by atoms with Crippen molar-refractivity contribution in [2.24, 2.45) is 4.99 Å². The van der Waals surface area contributed by atoms with Crippen LogP contribution in [-0.2, 0) is 13.1 Å². The molecule has 1 N–H and O–H groups in total. The van der Waals surface area contributed by atoms with E-state index in [2.05, 4.69) is 10.3 Å². The first-order valence-corrected chi connectivity index (χ1v) is 7.94. The molecule has 2 aromatic carbocycles. The minimum atomic E-state index is -0.239. The monoisotopic (exact) mass is 345 g/mol. The molecule has 0 aliphatic carbocycles. The van der Waals surface area contributed by atoms with Crippen molar-refractivity contribution in [2.75, 3.05) is 28.3 Å². The molecule has 0 bridgehead atoms. The summed E-state index contributed by atoms with van der Waals surface area (Å²) in [7, 11) is 6.94. The molecule has 0 amide bonds. The van der Waals surface area contributed by atoms with Crippen molar-refractivity contribution in [3.63, 3.8) is 0 Å². The summed E-state index contributed by atoms with van der Waals surface area (Å²) in [5.41, 5.74) is 2.01. The molecule has 2 rings (SSSR count). The molecular formula is C19H24FN3O2. The van der Waals surface area contributed by atoms with Gasteiger partial charge >= 0.3 is 0 Å². The first-order valence-electron chi connectivity index (χ1n) is 7.94. The van der Waals surface area contributed by atoms with E-state index in [1.165, 1.54) is 12.1 Å². The number of methoxy groups -OCH3 is 2. The van der Waals surface area contributed by atoms with Gasteiger partial charge in [0.25, 0.3) is 0 Å². The number of halogens is 1. The van der Waals surface area contributed by atoms with E-state index < -0.39 is 0 Å². The summed E-state index contributed by atoms with van der Waals surface area (Å²) in [5.74, 6) is 2.02. The Balaban J connectivity index is 2.02. The fraction of sp³-hybridized carbons (Fsp3) is 0.316. The van der Waals surface area contributed by atoms with Crippen LogP contribution in [0.25, 0.3) is 0 Å². The van der Waals surface area contributed by atoms with Crippen LogP contribution in [0.2, 0.25) is 0 Å². The van der Waals surface area contributed by atoms with Crippen molar-refractivity contribution in [3.8, 4) is 11.5 Å². The highest BCUT2D eigenvalue weighted by atomic mass is 19.1. The summed E-state index contributed by atoms with van der Waals surface area (Å²) in [6.07, 6.45) is 0. The van der Waals surface area contributed by atoms with Gasteiger partial charge in [-0.1, -0.05) is 12.1 Å². The van der Waals surface area contributed by atoms with Crippen molar-refractivity contribution in [1.82, 2.24) is 10.2 Å². The molecule has 0 aliphatic rings. The zero-order valence-corrected chi connectivity index (χ0v) is 15.0. The minimum Gasteiger partial charge on any atom is -0.497 e. The molecule has 0 saturated heterocycles. The van der Waals surface area contributed by atoms with Crippen molar-refractivity contribution in [2.45, 2.75) is 13.1 Å². The zero-order chi connectivity index (χ0) is 18.2. The second kappa shape index (κ2) is 8.92. The Kier molecular flexibility index (Phi) is 6.62. The Labute approximate surface area is 148 Å². The van der Waals surface area contributed by atoms with E-state index in [1.54, 1.807) is 33.4 Å². The molecule has 0 unspecified atom stereocenters. The van der Waals surface area contributed by atoms with Crippen molar-refractivity contribution >= 4 is 5.96 Å². The average Bonchev–Trinajstić information content (AvgIpc) is 2.64. The predicted molar refractivity (Wildman–Crippen MR) is 97.6 cm³/mol. The lowest BCUT2D eigenvalue weighted by molar-refractivity contribution is 0.382. The fourth-order valence-corrected chi connectivity index (χ4v) is 2.48. The lowest BCUT2D eigenvalue weighted by Gasteiger charge is -2.23. The molecule has 0 saturated carbocycles. The van der Waals surface area contributed by atoms with E-state index in [4.69, 9.17) is 9.47 Å². The summed E-state index contributed by atoms with van der Waals surface area (Å²) in [6.45, 7) is 1.19. The number of ether oxygens (including phenoxy) is 2. The maximum absolute atomic E-state index is 13.0. The highest BCUT2D eigenvalue weighted by molar-refractivity contribution is 5.79. The van der Waals surface area contributed by atoms with Crippen LogP contribution in [0.4, 0.5) is 4.39 Å². The molecule has 0 radical (unpaired) electrons. The molecule has 0 aromatic heterocycles. The topological polar surface area (TPSA) is 46.1 Å². The smallest absolute Gasteiger partial charge is 0.193 e. The number of aliphatic imine (C=N–C) groups is 1. The minimum absolute atomic E-state index is 0.239. The number of hydrogen-bond donors (Lipinski definition) is 1. The number of hydrogen-bond acceptors (Lipinski definition) is 3. The number of nitrogens with one attached hydrogen (secondary N) is 1. The van der Waals surface area contributed by atoms with Gasteiger partial charge in [-0.3, -0.25) is 4.99 Å². The van der Waals surface area contributed by atoms with Crippen molar-refractivity contribution < 1.29 is 13.9 Å². The van der Waals surface area contributed by atoms with E-state index >= 15 is 0 Å². The Morgan fingerprint density at radius 1 is 1.12 bits per heavy atom. The molecule has 2 aromatic rings. The third-order valence-corrected chi connectivity index (χ3v) is 3.84. The van der Waals surface area contributed by atoms with Gasteiger partial charge in [-0.05, 0) is 29.8 Å². The Bertz CT molecular complexity index is 717. The van der Waals surface area contributed by atoms with Gasteiger partial charge in [-0.25, -0.2) is 4.39 Å². The summed E-state index contributed by atoms with van der Waals surface area (Å²) < 4.78 is 23.6. The molecule has 0 aliphatic heterocycles. The molecule has 0 heterocycles. The molecule has 0 fully saturated rings. The number of benzene rings is 2. The van der Waals surface area contributed by atoms with Gasteiger partial charge in [0.2, 0.25) is 0 Å². The second-order valence-corrected chi connectivity index (χ2v) is 5.56. The maximum atomic E-state index is 13.0. The molecule has 5 nitrogen and oxygen atoms in total. The van der Waals surface area contributed by atoms with E-state index in [1.807, 2.05) is 30.1 Å². The first kappa shape index (κ1) is 18.6. The van der Waals surface area contributed by atoms with Gasteiger partial charge in [-0.2, -0.15) is 0 Å². The number of rotatable bonds is 6. The Morgan fingerprint density at radius 3 is 2.44 bits per heavy atom. The van der Waals surface area contributed by atoms with Gasteiger partial charge in [0.05, 0.1) is 14.2 Å². The summed E-state index contributed by atoms with van der Waals surface area (Å²) in [4.78, 5) is 6.29. The van der Waals surface area contributed by atoms with Crippen LogP contribution in [0.1, 0.15) is 11.1 Å². The second-order valence-electron chi connectivity index (χ2n) is 5.56. The van der Waals surface area contributed by atoms with Gasteiger partial charge < -0.3 is 19.7 Å².